The number of rotatable bonds is 1. The van der Waals surface area contributed by atoms with E-state index in [4.69, 9.17) is 33.9 Å². The van der Waals surface area contributed by atoms with Gasteiger partial charge in [-0.15, -0.1) is 0 Å². The Morgan fingerprint density at radius 1 is 1.12 bits per heavy atom. The van der Waals surface area contributed by atoms with Crippen LogP contribution in [0.25, 0.3) is 10.9 Å². The summed E-state index contributed by atoms with van der Waals surface area (Å²) in [5.41, 5.74) is 0.515. The van der Waals surface area contributed by atoms with Crippen LogP contribution in [0.15, 0.2) is 29.2 Å². The van der Waals surface area contributed by atoms with Gasteiger partial charge in [-0.25, -0.2) is 13.4 Å². The molecule has 1 aromatic carbocycles. The van der Waals surface area contributed by atoms with E-state index in [2.05, 4.69) is 4.98 Å². The molecular formula is C9H4Cl3NO2S. The number of hydrogen-bond acceptors (Lipinski definition) is 3. The first kappa shape index (κ1) is 11.9. The van der Waals surface area contributed by atoms with Crippen molar-refractivity contribution < 1.29 is 8.42 Å². The van der Waals surface area contributed by atoms with Gasteiger partial charge in [-0.2, -0.15) is 0 Å². The molecule has 16 heavy (non-hydrogen) atoms. The highest BCUT2D eigenvalue weighted by molar-refractivity contribution is 8.14. The summed E-state index contributed by atoms with van der Waals surface area (Å²) in [6.45, 7) is 0. The van der Waals surface area contributed by atoms with E-state index in [0.717, 1.165) is 0 Å². The van der Waals surface area contributed by atoms with Gasteiger partial charge in [-0.3, -0.25) is 0 Å². The molecule has 3 nitrogen and oxygen atoms in total. The third-order valence-corrected chi connectivity index (χ3v) is 4.23. The van der Waals surface area contributed by atoms with Crippen molar-refractivity contribution >= 4 is 53.8 Å². The summed E-state index contributed by atoms with van der Waals surface area (Å²) < 4.78 is 22.5. The van der Waals surface area contributed by atoms with E-state index >= 15 is 0 Å². The predicted molar refractivity (Wildman–Crippen MR) is 64.8 cm³/mol. The standard InChI is InChI=1S/C9H4Cl3NO2S/c10-7-5-3-1-2-4-6(5)13-9(11)8(7)16(12,14)15/h1-4H. The molecule has 0 aliphatic heterocycles. The lowest BCUT2D eigenvalue weighted by molar-refractivity contribution is 0.609. The highest BCUT2D eigenvalue weighted by Crippen LogP contribution is 2.35. The van der Waals surface area contributed by atoms with E-state index in [9.17, 15) is 8.42 Å². The minimum Gasteiger partial charge on any atom is -0.235 e. The highest BCUT2D eigenvalue weighted by Gasteiger charge is 2.22. The SMILES string of the molecule is O=S(=O)(Cl)c1c(Cl)nc2ccccc2c1Cl. The van der Waals surface area contributed by atoms with Crippen molar-refractivity contribution in [2.24, 2.45) is 0 Å². The summed E-state index contributed by atoms with van der Waals surface area (Å²) in [4.78, 5) is 3.57. The van der Waals surface area contributed by atoms with E-state index < -0.39 is 9.05 Å². The first-order valence-electron chi connectivity index (χ1n) is 4.09. The van der Waals surface area contributed by atoms with E-state index in [1.54, 1.807) is 24.3 Å². The number of para-hydroxylation sites is 1. The van der Waals surface area contributed by atoms with Crippen LogP contribution in [0.2, 0.25) is 10.2 Å². The molecule has 84 valence electrons. The Morgan fingerprint density at radius 3 is 2.38 bits per heavy atom. The minimum absolute atomic E-state index is 0.00870. The van der Waals surface area contributed by atoms with Crippen molar-refractivity contribution in [1.82, 2.24) is 4.98 Å². The second-order valence-electron chi connectivity index (χ2n) is 3.00. The Hall–Kier alpha value is -0.550. The molecule has 0 unspecified atom stereocenters. The molecule has 7 heteroatoms. The maximum absolute atomic E-state index is 11.3. The first-order valence-corrected chi connectivity index (χ1v) is 7.16. The van der Waals surface area contributed by atoms with Crippen molar-refractivity contribution in [3.8, 4) is 0 Å². The third kappa shape index (κ3) is 1.98. The van der Waals surface area contributed by atoms with Gasteiger partial charge in [0.2, 0.25) is 0 Å². The van der Waals surface area contributed by atoms with Crippen LogP contribution < -0.4 is 0 Å². The van der Waals surface area contributed by atoms with Crippen molar-refractivity contribution in [1.29, 1.82) is 0 Å². The van der Waals surface area contributed by atoms with Crippen LogP contribution in [0.4, 0.5) is 0 Å². The molecule has 2 aromatic rings. The minimum atomic E-state index is -4.01. The number of benzene rings is 1. The van der Waals surface area contributed by atoms with E-state index in [0.29, 0.717) is 10.9 Å². The summed E-state index contributed by atoms with van der Waals surface area (Å²) in [6.07, 6.45) is 0. The van der Waals surface area contributed by atoms with Crippen molar-refractivity contribution in [2.75, 3.05) is 0 Å². The van der Waals surface area contributed by atoms with Crippen molar-refractivity contribution in [2.45, 2.75) is 4.90 Å². The number of pyridine rings is 1. The summed E-state index contributed by atoms with van der Waals surface area (Å²) in [5, 5.41) is 0.261. The van der Waals surface area contributed by atoms with Gasteiger partial charge in [0.25, 0.3) is 9.05 Å². The molecule has 0 atom stereocenters. The number of halogens is 3. The van der Waals surface area contributed by atoms with E-state index in [1.807, 2.05) is 0 Å². The summed E-state index contributed by atoms with van der Waals surface area (Å²) in [7, 11) is 1.22. The fraction of sp³-hybridized carbons (Fsp3) is 0. The van der Waals surface area contributed by atoms with Crippen LogP contribution in [0.5, 0.6) is 0 Å². The van der Waals surface area contributed by atoms with Gasteiger partial charge in [-0.05, 0) is 6.07 Å². The molecule has 0 bridgehead atoms. The lowest BCUT2D eigenvalue weighted by Gasteiger charge is -2.06. The zero-order valence-electron chi connectivity index (χ0n) is 7.62. The van der Waals surface area contributed by atoms with Crippen LogP contribution in [-0.4, -0.2) is 13.4 Å². The molecule has 1 heterocycles. The average molecular weight is 297 g/mol. The zero-order chi connectivity index (χ0) is 11.9. The Bertz CT molecular complexity index is 670. The van der Waals surface area contributed by atoms with Crippen LogP contribution in [0, 0.1) is 0 Å². The second kappa shape index (κ2) is 4.04. The van der Waals surface area contributed by atoms with E-state index in [1.165, 1.54) is 0 Å². The fourth-order valence-electron chi connectivity index (χ4n) is 1.33. The Morgan fingerprint density at radius 2 is 1.75 bits per heavy atom. The first-order chi connectivity index (χ1) is 7.41. The van der Waals surface area contributed by atoms with Gasteiger partial charge in [0, 0.05) is 16.1 Å². The van der Waals surface area contributed by atoms with Crippen LogP contribution in [0.1, 0.15) is 0 Å². The molecule has 0 saturated carbocycles. The largest absolute Gasteiger partial charge is 0.265 e. The molecule has 0 spiro atoms. The van der Waals surface area contributed by atoms with Crippen molar-refractivity contribution in [3.63, 3.8) is 0 Å². The van der Waals surface area contributed by atoms with Gasteiger partial charge in [0.05, 0.1) is 10.5 Å². The zero-order valence-corrected chi connectivity index (χ0v) is 10.7. The summed E-state index contributed by atoms with van der Waals surface area (Å²) in [6, 6.07) is 6.79. The molecule has 0 fully saturated rings. The second-order valence-corrected chi connectivity index (χ2v) is 6.24. The van der Waals surface area contributed by atoms with Crippen LogP contribution >= 0.6 is 33.9 Å². The Balaban J connectivity index is 2.98. The van der Waals surface area contributed by atoms with E-state index in [-0.39, 0.29) is 15.1 Å². The lowest BCUT2D eigenvalue weighted by atomic mass is 10.2. The normalized spacial score (nSPS) is 11.9. The molecule has 1 aromatic heterocycles. The van der Waals surface area contributed by atoms with Crippen molar-refractivity contribution in [3.05, 3.63) is 34.4 Å². The monoisotopic (exact) mass is 295 g/mol. The summed E-state index contributed by atoms with van der Waals surface area (Å²) >= 11 is 11.7. The quantitative estimate of drug-likeness (QED) is 0.598. The Kier molecular flexibility index (Phi) is 3.01. The third-order valence-electron chi connectivity index (χ3n) is 1.99. The molecular weight excluding hydrogens is 293 g/mol. The van der Waals surface area contributed by atoms with Crippen LogP contribution in [-0.2, 0) is 9.05 Å². The summed E-state index contributed by atoms with van der Waals surface area (Å²) in [5.74, 6) is 0. The molecule has 0 saturated heterocycles. The molecule has 0 N–H and O–H groups in total. The van der Waals surface area contributed by atoms with Gasteiger partial charge in [0.15, 0.2) is 5.15 Å². The number of aromatic nitrogens is 1. The lowest BCUT2D eigenvalue weighted by Crippen LogP contribution is -1.96. The number of fused-ring (bicyclic) bond motifs is 1. The predicted octanol–water partition coefficient (Wildman–Crippen LogP) is 3.47. The van der Waals surface area contributed by atoms with Gasteiger partial charge < -0.3 is 0 Å². The molecule has 2 rings (SSSR count). The topological polar surface area (TPSA) is 47.0 Å². The van der Waals surface area contributed by atoms with Gasteiger partial charge in [-0.1, -0.05) is 41.4 Å². The van der Waals surface area contributed by atoms with Gasteiger partial charge in [0.1, 0.15) is 4.90 Å². The van der Waals surface area contributed by atoms with Crippen LogP contribution in [0.3, 0.4) is 0 Å². The number of hydrogen-bond donors (Lipinski definition) is 0. The molecule has 0 aliphatic rings. The smallest absolute Gasteiger partial charge is 0.235 e. The number of nitrogens with zero attached hydrogens (tertiary/aromatic N) is 1. The highest BCUT2D eigenvalue weighted by atomic mass is 35.7. The maximum Gasteiger partial charge on any atom is 0.265 e. The molecule has 0 radical (unpaired) electrons. The fourth-order valence-corrected chi connectivity index (χ4v) is 3.68. The molecule has 0 aliphatic carbocycles. The molecule has 0 amide bonds. The maximum atomic E-state index is 11.3. The Labute approximate surface area is 106 Å². The van der Waals surface area contributed by atoms with Gasteiger partial charge >= 0.3 is 0 Å². The average Bonchev–Trinajstić information content (AvgIpc) is 2.15.